The second-order valence-corrected chi connectivity index (χ2v) is 5.22. The molecule has 23 heavy (non-hydrogen) atoms. The molecule has 0 saturated heterocycles. The number of nitrogen functional groups attached to an aromatic ring is 1. The number of fused-ring (bicyclic) bond motifs is 1. The van der Waals surface area contributed by atoms with Gasteiger partial charge in [0.2, 0.25) is 0 Å². The first-order valence-corrected chi connectivity index (χ1v) is 7.72. The second kappa shape index (κ2) is 7.78. The van der Waals surface area contributed by atoms with Gasteiger partial charge in [0, 0.05) is 24.7 Å². The second-order valence-electron chi connectivity index (χ2n) is 5.22. The maximum atomic E-state index is 12.3. The van der Waals surface area contributed by atoms with Crippen LogP contribution in [0.2, 0.25) is 0 Å². The average Bonchev–Trinajstić information content (AvgIpc) is 2.55. The van der Waals surface area contributed by atoms with E-state index in [1.165, 1.54) is 6.20 Å². The molecular formula is C17H23N3O3. The lowest BCUT2D eigenvalue weighted by Crippen LogP contribution is -2.25. The van der Waals surface area contributed by atoms with E-state index in [-0.39, 0.29) is 6.04 Å². The molecule has 0 unspecified atom stereocenters. The molecule has 6 nitrogen and oxygen atoms in total. The van der Waals surface area contributed by atoms with Crippen LogP contribution in [-0.4, -0.2) is 37.3 Å². The molecule has 0 radical (unpaired) electrons. The normalized spacial score (nSPS) is 12.1. The number of anilines is 2. The number of esters is 1. The first-order chi connectivity index (χ1) is 11.1. The Kier molecular flexibility index (Phi) is 5.76. The molecule has 3 N–H and O–H groups in total. The number of pyridine rings is 1. The first-order valence-electron chi connectivity index (χ1n) is 7.72. The number of aromatic nitrogens is 1. The lowest BCUT2D eigenvalue weighted by Gasteiger charge is -2.21. The lowest BCUT2D eigenvalue weighted by atomic mass is 10.1. The van der Waals surface area contributed by atoms with Gasteiger partial charge in [-0.3, -0.25) is 4.98 Å². The van der Waals surface area contributed by atoms with Crippen LogP contribution in [-0.2, 0) is 9.47 Å². The van der Waals surface area contributed by atoms with E-state index in [1.807, 2.05) is 12.1 Å². The summed E-state index contributed by atoms with van der Waals surface area (Å²) in [7, 11) is 1.65. The number of nitrogens with one attached hydrogen (secondary N) is 1. The number of nitrogens with zero attached hydrogens (tertiary/aromatic N) is 1. The number of carbonyl (C=O) groups excluding carboxylic acids is 1. The smallest absolute Gasteiger partial charge is 0.341 e. The summed E-state index contributed by atoms with van der Waals surface area (Å²) < 4.78 is 10.4. The van der Waals surface area contributed by atoms with E-state index >= 15 is 0 Å². The quantitative estimate of drug-likeness (QED) is 0.603. The SMILES string of the molecule is CCOC(=O)c1cnc2c(N)cccc2c1N[C@H](CC)COC. The van der Waals surface area contributed by atoms with Crippen molar-refractivity contribution in [2.24, 2.45) is 0 Å². The van der Waals surface area contributed by atoms with Gasteiger partial charge >= 0.3 is 5.97 Å². The van der Waals surface area contributed by atoms with Crippen molar-refractivity contribution in [2.75, 3.05) is 31.4 Å². The first kappa shape index (κ1) is 17.0. The fraction of sp³-hybridized carbons (Fsp3) is 0.412. The Morgan fingerprint density at radius 1 is 1.39 bits per heavy atom. The lowest BCUT2D eigenvalue weighted by molar-refractivity contribution is 0.0527. The van der Waals surface area contributed by atoms with Crippen molar-refractivity contribution < 1.29 is 14.3 Å². The summed E-state index contributed by atoms with van der Waals surface area (Å²) in [5.41, 5.74) is 8.32. The number of nitrogens with two attached hydrogens (primary N) is 1. The van der Waals surface area contributed by atoms with Gasteiger partial charge in [-0.1, -0.05) is 19.1 Å². The highest BCUT2D eigenvalue weighted by Crippen LogP contribution is 2.30. The zero-order chi connectivity index (χ0) is 16.8. The average molecular weight is 317 g/mol. The molecular weight excluding hydrogens is 294 g/mol. The topological polar surface area (TPSA) is 86.5 Å². The minimum atomic E-state index is -0.404. The number of methoxy groups -OCH3 is 1. The van der Waals surface area contributed by atoms with Crippen molar-refractivity contribution in [1.29, 1.82) is 0 Å². The van der Waals surface area contributed by atoms with Gasteiger partial charge in [-0.15, -0.1) is 0 Å². The van der Waals surface area contributed by atoms with E-state index in [4.69, 9.17) is 15.2 Å². The van der Waals surface area contributed by atoms with E-state index in [0.717, 1.165) is 11.8 Å². The van der Waals surface area contributed by atoms with Gasteiger partial charge in [-0.2, -0.15) is 0 Å². The third-order valence-corrected chi connectivity index (χ3v) is 3.63. The van der Waals surface area contributed by atoms with Crippen molar-refractivity contribution in [3.63, 3.8) is 0 Å². The van der Waals surface area contributed by atoms with Gasteiger partial charge < -0.3 is 20.5 Å². The standard InChI is InChI=1S/C17H23N3O3/c1-4-11(10-22-3)20-15-12-7-6-8-14(18)16(12)19-9-13(15)17(21)23-5-2/h6-9,11H,4-5,10,18H2,1-3H3,(H,19,20)/t11-/m1/s1. The van der Waals surface area contributed by atoms with Crippen LogP contribution in [0.5, 0.6) is 0 Å². The Labute approximate surface area is 136 Å². The van der Waals surface area contributed by atoms with E-state index in [0.29, 0.717) is 35.7 Å². The maximum Gasteiger partial charge on any atom is 0.341 e. The van der Waals surface area contributed by atoms with Gasteiger partial charge in [-0.05, 0) is 19.4 Å². The van der Waals surface area contributed by atoms with Gasteiger partial charge in [0.05, 0.1) is 30.1 Å². The van der Waals surface area contributed by atoms with Crippen LogP contribution in [0.1, 0.15) is 30.6 Å². The predicted molar refractivity (Wildman–Crippen MR) is 91.7 cm³/mol. The molecule has 1 aromatic carbocycles. The molecule has 2 aromatic rings. The van der Waals surface area contributed by atoms with Crippen molar-refractivity contribution in [2.45, 2.75) is 26.3 Å². The Balaban J connectivity index is 2.56. The largest absolute Gasteiger partial charge is 0.462 e. The highest BCUT2D eigenvalue weighted by molar-refractivity contribution is 6.07. The molecule has 0 aliphatic carbocycles. The monoisotopic (exact) mass is 317 g/mol. The van der Waals surface area contributed by atoms with Crippen LogP contribution >= 0.6 is 0 Å². The minimum absolute atomic E-state index is 0.0696. The van der Waals surface area contributed by atoms with Crippen LogP contribution < -0.4 is 11.1 Å². The predicted octanol–water partition coefficient (Wildman–Crippen LogP) is 2.83. The van der Waals surface area contributed by atoms with Gasteiger partial charge in [-0.25, -0.2) is 4.79 Å². The minimum Gasteiger partial charge on any atom is -0.462 e. The summed E-state index contributed by atoms with van der Waals surface area (Å²) in [4.78, 5) is 16.6. The van der Waals surface area contributed by atoms with Crippen LogP contribution in [0.25, 0.3) is 10.9 Å². The Hall–Kier alpha value is -2.34. The van der Waals surface area contributed by atoms with Gasteiger partial charge in [0.25, 0.3) is 0 Å². The van der Waals surface area contributed by atoms with E-state index in [9.17, 15) is 4.79 Å². The van der Waals surface area contributed by atoms with E-state index < -0.39 is 5.97 Å². The van der Waals surface area contributed by atoms with Crippen molar-refractivity contribution >= 4 is 28.2 Å². The van der Waals surface area contributed by atoms with Crippen molar-refractivity contribution in [3.05, 3.63) is 30.0 Å². The van der Waals surface area contributed by atoms with Crippen molar-refractivity contribution in [1.82, 2.24) is 4.98 Å². The molecule has 1 heterocycles. The molecule has 0 amide bonds. The Morgan fingerprint density at radius 3 is 2.83 bits per heavy atom. The number of rotatable bonds is 7. The molecule has 124 valence electrons. The molecule has 0 aliphatic rings. The molecule has 0 saturated carbocycles. The molecule has 0 fully saturated rings. The van der Waals surface area contributed by atoms with Crippen LogP contribution in [0.4, 0.5) is 11.4 Å². The van der Waals surface area contributed by atoms with Gasteiger partial charge in [0.1, 0.15) is 5.56 Å². The Bertz CT molecular complexity index is 688. The van der Waals surface area contributed by atoms with Crippen LogP contribution in [0, 0.1) is 0 Å². The molecule has 6 heteroatoms. The summed E-state index contributed by atoms with van der Waals surface area (Å²) >= 11 is 0. The molecule has 0 aliphatic heterocycles. The number of para-hydroxylation sites is 1. The summed E-state index contributed by atoms with van der Waals surface area (Å²) in [6.07, 6.45) is 2.36. The number of hydrogen-bond acceptors (Lipinski definition) is 6. The number of hydrogen-bond donors (Lipinski definition) is 2. The van der Waals surface area contributed by atoms with Gasteiger partial charge in [0.15, 0.2) is 0 Å². The summed E-state index contributed by atoms with van der Waals surface area (Å²) in [6, 6.07) is 5.59. The number of benzene rings is 1. The third-order valence-electron chi connectivity index (χ3n) is 3.63. The maximum absolute atomic E-state index is 12.3. The summed E-state index contributed by atoms with van der Waals surface area (Å²) in [6.45, 7) is 4.67. The van der Waals surface area contributed by atoms with Crippen molar-refractivity contribution in [3.8, 4) is 0 Å². The third kappa shape index (κ3) is 3.71. The highest BCUT2D eigenvalue weighted by Gasteiger charge is 2.19. The molecule has 1 aromatic heterocycles. The zero-order valence-electron chi connectivity index (χ0n) is 13.8. The summed E-state index contributed by atoms with van der Waals surface area (Å²) in [5.74, 6) is -0.404. The molecule has 2 rings (SSSR count). The van der Waals surface area contributed by atoms with E-state index in [2.05, 4.69) is 17.2 Å². The summed E-state index contributed by atoms with van der Waals surface area (Å²) in [5, 5.41) is 4.18. The van der Waals surface area contributed by atoms with E-state index in [1.54, 1.807) is 20.1 Å². The molecule has 0 spiro atoms. The molecule has 1 atom stereocenters. The Morgan fingerprint density at radius 2 is 2.17 bits per heavy atom. The zero-order valence-corrected chi connectivity index (χ0v) is 13.8. The number of ether oxygens (including phenoxy) is 2. The van der Waals surface area contributed by atoms with Crippen LogP contribution in [0.3, 0.4) is 0 Å². The highest BCUT2D eigenvalue weighted by atomic mass is 16.5. The fourth-order valence-electron chi connectivity index (χ4n) is 2.43. The fourth-order valence-corrected chi connectivity index (χ4v) is 2.43. The molecule has 0 bridgehead atoms. The van der Waals surface area contributed by atoms with Crippen LogP contribution in [0.15, 0.2) is 24.4 Å². The number of carbonyl (C=O) groups is 1.